The van der Waals surface area contributed by atoms with Crippen LogP contribution in [0.1, 0.15) is 12.5 Å². The number of hydrazone groups is 1. The topological polar surface area (TPSA) is 101 Å². The van der Waals surface area contributed by atoms with E-state index in [1.54, 1.807) is 25.1 Å². The highest BCUT2D eigenvalue weighted by Gasteiger charge is 2.13. The number of para-hydroxylation sites is 1. The number of aromatic hydroxyl groups is 1. The fourth-order valence-corrected chi connectivity index (χ4v) is 1.61. The quantitative estimate of drug-likeness (QED) is 0.506. The van der Waals surface area contributed by atoms with Crippen LogP contribution in [0, 0.1) is 10.1 Å². The van der Waals surface area contributed by atoms with E-state index in [1.165, 1.54) is 24.4 Å². The summed E-state index contributed by atoms with van der Waals surface area (Å²) < 4.78 is 0. The second-order valence-electron chi connectivity index (χ2n) is 3.95. The van der Waals surface area contributed by atoms with Crippen LogP contribution in [0.3, 0.4) is 0 Å². The van der Waals surface area contributed by atoms with Crippen LogP contribution in [-0.4, -0.2) is 20.7 Å². The fraction of sp³-hybridized carbons (Fsp3) is 0.0769. The Morgan fingerprint density at radius 3 is 2.80 bits per heavy atom. The van der Waals surface area contributed by atoms with Crippen molar-refractivity contribution >= 4 is 17.2 Å². The van der Waals surface area contributed by atoms with Crippen molar-refractivity contribution in [2.24, 2.45) is 5.10 Å². The van der Waals surface area contributed by atoms with Crippen LogP contribution >= 0.6 is 0 Å². The van der Waals surface area contributed by atoms with Gasteiger partial charge in [-0.1, -0.05) is 12.1 Å². The predicted molar refractivity (Wildman–Crippen MR) is 74.8 cm³/mol. The molecule has 0 bridgehead atoms. The number of nitro groups is 1. The second-order valence-corrected chi connectivity index (χ2v) is 3.95. The summed E-state index contributed by atoms with van der Waals surface area (Å²) >= 11 is 0. The molecule has 1 aromatic heterocycles. The van der Waals surface area contributed by atoms with Gasteiger partial charge >= 0.3 is 5.69 Å². The van der Waals surface area contributed by atoms with Crippen LogP contribution in [0.15, 0.2) is 47.7 Å². The molecule has 0 amide bonds. The maximum absolute atomic E-state index is 10.8. The van der Waals surface area contributed by atoms with Crippen molar-refractivity contribution in [1.82, 2.24) is 4.98 Å². The predicted octanol–water partition coefficient (Wildman–Crippen LogP) is 2.53. The van der Waals surface area contributed by atoms with Gasteiger partial charge in [0.15, 0.2) is 0 Å². The number of pyridine rings is 1. The Labute approximate surface area is 114 Å². The van der Waals surface area contributed by atoms with E-state index in [0.29, 0.717) is 11.3 Å². The highest BCUT2D eigenvalue weighted by atomic mass is 16.6. The molecule has 0 aliphatic heterocycles. The van der Waals surface area contributed by atoms with Crippen molar-refractivity contribution in [1.29, 1.82) is 0 Å². The standard InChI is InChI=1S/C13H12N4O3/c1-9(10-5-2-3-7-12(10)18)15-16-13-11(17(19)20)6-4-8-14-13/h2-8,18H,1H3,(H,14,16). The monoisotopic (exact) mass is 272 g/mol. The number of aromatic nitrogens is 1. The van der Waals surface area contributed by atoms with Crippen molar-refractivity contribution in [3.8, 4) is 5.75 Å². The van der Waals surface area contributed by atoms with E-state index in [9.17, 15) is 15.2 Å². The van der Waals surface area contributed by atoms with Gasteiger partial charge in [0.25, 0.3) is 0 Å². The zero-order valence-corrected chi connectivity index (χ0v) is 10.6. The highest BCUT2D eigenvalue weighted by molar-refractivity contribution is 6.01. The van der Waals surface area contributed by atoms with Gasteiger partial charge in [-0.2, -0.15) is 5.10 Å². The smallest absolute Gasteiger partial charge is 0.313 e. The first-order valence-corrected chi connectivity index (χ1v) is 5.77. The molecule has 2 aromatic rings. The number of phenolic OH excluding ortho intramolecular Hbond substituents is 1. The van der Waals surface area contributed by atoms with Gasteiger partial charge in [-0.05, 0) is 25.1 Å². The minimum Gasteiger partial charge on any atom is -0.507 e. The lowest BCUT2D eigenvalue weighted by Gasteiger charge is -2.05. The van der Waals surface area contributed by atoms with Crippen LogP contribution in [0.5, 0.6) is 5.75 Å². The van der Waals surface area contributed by atoms with Crippen molar-refractivity contribution in [3.05, 3.63) is 58.3 Å². The van der Waals surface area contributed by atoms with Crippen molar-refractivity contribution in [2.45, 2.75) is 6.92 Å². The SMILES string of the molecule is CC(=NNc1ncccc1[N+](=O)[O-])c1ccccc1O. The molecular weight excluding hydrogens is 260 g/mol. The molecule has 0 fully saturated rings. The average molecular weight is 272 g/mol. The van der Waals surface area contributed by atoms with E-state index >= 15 is 0 Å². The van der Waals surface area contributed by atoms with Gasteiger partial charge in [-0.3, -0.25) is 15.5 Å². The Balaban J connectivity index is 2.26. The Morgan fingerprint density at radius 2 is 2.10 bits per heavy atom. The van der Waals surface area contributed by atoms with Gasteiger partial charge in [0.1, 0.15) is 5.75 Å². The molecule has 2 rings (SSSR count). The number of nitrogens with one attached hydrogen (secondary N) is 1. The summed E-state index contributed by atoms with van der Waals surface area (Å²) in [5.74, 6) is 0.137. The molecule has 0 aliphatic carbocycles. The lowest BCUT2D eigenvalue weighted by Crippen LogP contribution is -2.03. The molecule has 7 nitrogen and oxygen atoms in total. The van der Waals surface area contributed by atoms with E-state index in [-0.39, 0.29) is 17.3 Å². The van der Waals surface area contributed by atoms with E-state index < -0.39 is 4.92 Å². The van der Waals surface area contributed by atoms with Gasteiger partial charge in [-0.25, -0.2) is 4.98 Å². The van der Waals surface area contributed by atoms with Crippen LogP contribution in [0.2, 0.25) is 0 Å². The van der Waals surface area contributed by atoms with Crippen molar-refractivity contribution in [2.75, 3.05) is 5.43 Å². The Hall–Kier alpha value is -2.96. The van der Waals surface area contributed by atoms with Gasteiger partial charge in [0.05, 0.1) is 10.6 Å². The molecule has 0 unspecified atom stereocenters. The zero-order chi connectivity index (χ0) is 14.5. The van der Waals surface area contributed by atoms with Crippen LogP contribution in [0.25, 0.3) is 0 Å². The first kappa shape index (κ1) is 13.5. The van der Waals surface area contributed by atoms with Crippen LogP contribution < -0.4 is 5.43 Å². The van der Waals surface area contributed by atoms with Crippen LogP contribution in [0.4, 0.5) is 11.5 Å². The van der Waals surface area contributed by atoms with Crippen LogP contribution in [-0.2, 0) is 0 Å². The number of benzene rings is 1. The molecule has 0 radical (unpaired) electrons. The zero-order valence-electron chi connectivity index (χ0n) is 10.6. The molecule has 1 heterocycles. The molecule has 0 saturated heterocycles. The third kappa shape index (κ3) is 2.89. The molecule has 0 saturated carbocycles. The van der Waals surface area contributed by atoms with E-state index in [0.717, 1.165) is 0 Å². The lowest BCUT2D eigenvalue weighted by atomic mass is 10.1. The number of hydrogen-bond donors (Lipinski definition) is 2. The molecule has 0 atom stereocenters. The number of rotatable bonds is 4. The molecular formula is C13H12N4O3. The second kappa shape index (κ2) is 5.79. The molecule has 2 N–H and O–H groups in total. The maximum atomic E-state index is 10.8. The van der Waals surface area contributed by atoms with Gasteiger partial charge in [0.2, 0.25) is 5.82 Å². The van der Waals surface area contributed by atoms with Gasteiger partial charge in [-0.15, -0.1) is 0 Å². The normalized spacial score (nSPS) is 11.2. The van der Waals surface area contributed by atoms with E-state index in [4.69, 9.17) is 0 Å². The number of nitrogens with zero attached hydrogens (tertiary/aromatic N) is 3. The van der Waals surface area contributed by atoms with Gasteiger partial charge in [0, 0.05) is 17.8 Å². The van der Waals surface area contributed by atoms with Crippen molar-refractivity contribution < 1.29 is 10.0 Å². The summed E-state index contributed by atoms with van der Waals surface area (Å²) in [6, 6.07) is 9.50. The Kier molecular flexibility index (Phi) is 3.90. The van der Waals surface area contributed by atoms with Crippen molar-refractivity contribution in [3.63, 3.8) is 0 Å². The van der Waals surface area contributed by atoms with E-state index in [1.807, 2.05) is 0 Å². The summed E-state index contributed by atoms with van der Waals surface area (Å²) in [7, 11) is 0. The van der Waals surface area contributed by atoms with Gasteiger partial charge < -0.3 is 5.11 Å². The maximum Gasteiger partial charge on any atom is 0.313 e. The largest absolute Gasteiger partial charge is 0.507 e. The Bertz CT molecular complexity index is 670. The first-order chi connectivity index (χ1) is 9.59. The third-order valence-corrected chi connectivity index (χ3v) is 2.61. The summed E-state index contributed by atoms with van der Waals surface area (Å²) in [6.45, 7) is 1.68. The highest BCUT2D eigenvalue weighted by Crippen LogP contribution is 2.21. The Morgan fingerprint density at radius 1 is 1.35 bits per heavy atom. The minimum absolute atomic E-state index is 0.0484. The first-order valence-electron chi connectivity index (χ1n) is 5.77. The molecule has 20 heavy (non-hydrogen) atoms. The summed E-state index contributed by atoms with van der Waals surface area (Å²) in [5, 5.41) is 24.5. The summed E-state index contributed by atoms with van der Waals surface area (Å²) in [5.41, 5.74) is 3.41. The average Bonchev–Trinajstić information content (AvgIpc) is 2.45. The number of hydrogen-bond acceptors (Lipinski definition) is 6. The number of phenols is 1. The summed E-state index contributed by atoms with van der Waals surface area (Å²) in [6.07, 6.45) is 1.43. The molecule has 1 aromatic carbocycles. The molecule has 7 heteroatoms. The molecule has 0 aliphatic rings. The number of anilines is 1. The molecule has 102 valence electrons. The summed E-state index contributed by atoms with van der Waals surface area (Å²) in [4.78, 5) is 14.2. The fourth-order valence-electron chi connectivity index (χ4n) is 1.61. The third-order valence-electron chi connectivity index (χ3n) is 2.61. The molecule has 0 spiro atoms. The lowest BCUT2D eigenvalue weighted by molar-refractivity contribution is -0.384. The van der Waals surface area contributed by atoms with E-state index in [2.05, 4.69) is 15.5 Å². The minimum atomic E-state index is -0.541.